The van der Waals surface area contributed by atoms with Crippen molar-refractivity contribution in [3.63, 3.8) is 0 Å². The molecule has 0 saturated carbocycles. The van der Waals surface area contributed by atoms with Crippen LogP contribution in [0.1, 0.15) is 47.6 Å². The lowest BCUT2D eigenvalue weighted by Crippen LogP contribution is -2.32. The van der Waals surface area contributed by atoms with E-state index in [1.165, 1.54) is 0 Å². The molecule has 0 saturated heterocycles. The summed E-state index contributed by atoms with van der Waals surface area (Å²) in [6.45, 7) is 0.502. The van der Waals surface area contributed by atoms with E-state index >= 15 is 0 Å². The smallest absolute Gasteiger partial charge is 0.254 e. The summed E-state index contributed by atoms with van der Waals surface area (Å²) in [6.07, 6.45) is 7.54. The lowest BCUT2D eigenvalue weighted by Gasteiger charge is -2.20. The van der Waals surface area contributed by atoms with Gasteiger partial charge in [-0.25, -0.2) is 0 Å². The van der Waals surface area contributed by atoms with Gasteiger partial charge in [0.1, 0.15) is 0 Å². The SMILES string of the molecule is C#CCCC1(CCNC(=O)CC2c3ccccc3C(=O)N2C)N=N1. The van der Waals surface area contributed by atoms with Crippen LogP contribution >= 0.6 is 0 Å². The zero-order valence-electron chi connectivity index (χ0n) is 13.7. The monoisotopic (exact) mass is 324 g/mol. The largest absolute Gasteiger partial charge is 0.356 e. The van der Waals surface area contributed by atoms with E-state index in [2.05, 4.69) is 21.5 Å². The van der Waals surface area contributed by atoms with E-state index in [1.807, 2.05) is 18.2 Å². The fourth-order valence-electron chi connectivity index (χ4n) is 3.09. The van der Waals surface area contributed by atoms with Crippen molar-refractivity contribution in [1.82, 2.24) is 10.2 Å². The second-order valence-corrected chi connectivity index (χ2v) is 6.21. The van der Waals surface area contributed by atoms with Gasteiger partial charge < -0.3 is 10.2 Å². The third-order valence-electron chi connectivity index (χ3n) is 4.62. The van der Waals surface area contributed by atoms with Crippen LogP contribution in [0.2, 0.25) is 0 Å². The molecule has 1 aromatic carbocycles. The maximum Gasteiger partial charge on any atom is 0.254 e. The molecule has 0 radical (unpaired) electrons. The molecule has 2 aliphatic heterocycles. The van der Waals surface area contributed by atoms with Crippen LogP contribution in [0, 0.1) is 12.3 Å². The molecule has 6 heteroatoms. The number of hydrogen-bond acceptors (Lipinski definition) is 4. The van der Waals surface area contributed by atoms with Crippen molar-refractivity contribution in [2.45, 2.75) is 37.4 Å². The molecule has 0 aromatic heterocycles. The topological polar surface area (TPSA) is 74.1 Å². The quantitative estimate of drug-likeness (QED) is 0.781. The minimum absolute atomic E-state index is 0.0350. The molecule has 0 spiro atoms. The van der Waals surface area contributed by atoms with Crippen molar-refractivity contribution >= 4 is 11.8 Å². The van der Waals surface area contributed by atoms with Gasteiger partial charge in [-0.15, -0.1) is 12.3 Å². The highest BCUT2D eigenvalue weighted by atomic mass is 16.2. The van der Waals surface area contributed by atoms with Crippen LogP contribution in [0.25, 0.3) is 0 Å². The predicted molar refractivity (Wildman–Crippen MR) is 89.2 cm³/mol. The number of hydrogen-bond donors (Lipinski definition) is 1. The molecule has 124 valence electrons. The Balaban J connectivity index is 1.51. The van der Waals surface area contributed by atoms with Gasteiger partial charge in [-0.05, 0) is 11.6 Å². The van der Waals surface area contributed by atoms with E-state index in [0.717, 1.165) is 12.0 Å². The Morgan fingerprint density at radius 1 is 1.38 bits per heavy atom. The molecule has 24 heavy (non-hydrogen) atoms. The van der Waals surface area contributed by atoms with E-state index in [4.69, 9.17) is 6.42 Å². The number of carbonyl (C=O) groups is 2. The average Bonchev–Trinajstić information content (AvgIpc) is 3.32. The summed E-state index contributed by atoms with van der Waals surface area (Å²) >= 11 is 0. The Labute approximate surface area is 141 Å². The molecular weight excluding hydrogens is 304 g/mol. The molecule has 2 heterocycles. The molecule has 0 bridgehead atoms. The van der Waals surface area contributed by atoms with Gasteiger partial charge in [-0.2, -0.15) is 10.2 Å². The average molecular weight is 324 g/mol. The van der Waals surface area contributed by atoms with Gasteiger partial charge in [0.25, 0.3) is 5.91 Å². The molecule has 1 aromatic rings. The summed E-state index contributed by atoms with van der Waals surface area (Å²) in [5.74, 6) is 2.47. The second kappa shape index (κ2) is 6.44. The number of nitrogens with one attached hydrogen (secondary N) is 1. The molecule has 0 fully saturated rings. The third-order valence-corrected chi connectivity index (χ3v) is 4.62. The van der Waals surface area contributed by atoms with Crippen molar-refractivity contribution in [1.29, 1.82) is 0 Å². The maximum atomic E-state index is 12.2. The highest BCUT2D eigenvalue weighted by Gasteiger charge is 2.39. The normalized spacial score (nSPS) is 19.8. The molecule has 1 atom stereocenters. The minimum Gasteiger partial charge on any atom is -0.356 e. The van der Waals surface area contributed by atoms with E-state index < -0.39 is 0 Å². The molecule has 1 N–H and O–H groups in total. The number of carbonyl (C=O) groups excluding carboxylic acids is 2. The number of benzene rings is 1. The highest BCUT2D eigenvalue weighted by Crippen LogP contribution is 2.36. The summed E-state index contributed by atoms with van der Waals surface area (Å²) in [7, 11) is 1.73. The molecule has 1 unspecified atom stereocenters. The zero-order valence-corrected chi connectivity index (χ0v) is 13.7. The minimum atomic E-state index is -0.383. The van der Waals surface area contributed by atoms with Gasteiger partial charge in [-0.1, -0.05) is 18.2 Å². The number of terminal acetylenes is 1. The standard InChI is InChI=1S/C18H20N4O2/c1-3-4-9-18(20-21-18)10-11-19-16(23)12-15-13-7-5-6-8-14(13)17(24)22(15)2/h1,5-8,15H,4,9-12H2,2H3,(H,19,23). The molecule has 2 aliphatic rings. The Hall–Kier alpha value is -2.68. The van der Waals surface area contributed by atoms with E-state index in [-0.39, 0.29) is 29.9 Å². The molecule has 3 rings (SSSR count). The van der Waals surface area contributed by atoms with Crippen LogP contribution in [-0.4, -0.2) is 36.0 Å². The Morgan fingerprint density at radius 3 is 2.83 bits per heavy atom. The first-order chi connectivity index (χ1) is 11.6. The van der Waals surface area contributed by atoms with Gasteiger partial charge in [0, 0.05) is 38.4 Å². The van der Waals surface area contributed by atoms with E-state index in [0.29, 0.717) is 24.9 Å². The van der Waals surface area contributed by atoms with Gasteiger partial charge >= 0.3 is 0 Å². The molecule has 2 amide bonds. The first-order valence-corrected chi connectivity index (χ1v) is 8.07. The summed E-state index contributed by atoms with van der Waals surface area (Å²) < 4.78 is 0. The van der Waals surface area contributed by atoms with Crippen LogP contribution in [-0.2, 0) is 4.79 Å². The van der Waals surface area contributed by atoms with Crippen LogP contribution in [0.3, 0.4) is 0 Å². The van der Waals surface area contributed by atoms with Crippen molar-refractivity contribution in [3.8, 4) is 12.3 Å². The molecule has 6 nitrogen and oxygen atoms in total. The second-order valence-electron chi connectivity index (χ2n) is 6.21. The van der Waals surface area contributed by atoms with E-state index in [1.54, 1.807) is 18.0 Å². The summed E-state index contributed by atoms with van der Waals surface area (Å²) in [6, 6.07) is 7.23. The molecule has 0 aliphatic carbocycles. The zero-order chi connectivity index (χ0) is 17.2. The van der Waals surface area contributed by atoms with Crippen LogP contribution in [0.15, 0.2) is 34.5 Å². The number of rotatable bonds is 7. The lowest BCUT2D eigenvalue weighted by molar-refractivity contribution is -0.122. The maximum absolute atomic E-state index is 12.2. The Morgan fingerprint density at radius 2 is 2.12 bits per heavy atom. The van der Waals surface area contributed by atoms with Crippen LogP contribution in [0.4, 0.5) is 0 Å². The van der Waals surface area contributed by atoms with Crippen molar-refractivity contribution < 1.29 is 9.59 Å². The van der Waals surface area contributed by atoms with Crippen LogP contribution in [0.5, 0.6) is 0 Å². The highest BCUT2D eigenvalue weighted by molar-refractivity contribution is 5.99. The Kier molecular flexibility index (Phi) is 4.34. The first kappa shape index (κ1) is 16.2. The predicted octanol–water partition coefficient (Wildman–Crippen LogP) is 2.29. The van der Waals surface area contributed by atoms with Crippen molar-refractivity contribution in [2.75, 3.05) is 13.6 Å². The Bertz CT molecular complexity index is 729. The fraction of sp³-hybridized carbons (Fsp3) is 0.444. The number of nitrogens with zero attached hydrogens (tertiary/aromatic N) is 3. The van der Waals surface area contributed by atoms with Gasteiger partial charge in [0.05, 0.1) is 12.5 Å². The third kappa shape index (κ3) is 3.16. The van der Waals surface area contributed by atoms with Crippen molar-refractivity contribution in [2.24, 2.45) is 10.2 Å². The first-order valence-electron chi connectivity index (χ1n) is 8.07. The number of fused-ring (bicyclic) bond motifs is 1. The molecular formula is C18H20N4O2. The summed E-state index contributed by atoms with van der Waals surface area (Å²) in [5, 5.41) is 11.0. The van der Waals surface area contributed by atoms with Gasteiger partial charge in [-0.3, -0.25) is 9.59 Å². The summed E-state index contributed by atoms with van der Waals surface area (Å²) in [5.41, 5.74) is 1.21. The summed E-state index contributed by atoms with van der Waals surface area (Å²) in [4.78, 5) is 26.1. The van der Waals surface area contributed by atoms with Gasteiger partial charge in [0.15, 0.2) is 5.66 Å². The fourth-order valence-corrected chi connectivity index (χ4v) is 3.09. The van der Waals surface area contributed by atoms with Crippen LogP contribution < -0.4 is 5.32 Å². The van der Waals surface area contributed by atoms with Gasteiger partial charge in [0.2, 0.25) is 5.91 Å². The van der Waals surface area contributed by atoms with E-state index in [9.17, 15) is 9.59 Å². The lowest BCUT2D eigenvalue weighted by atomic mass is 10.0. The van der Waals surface area contributed by atoms with Crippen molar-refractivity contribution in [3.05, 3.63) is 35.4 Å². The number of amides is 2.